The normalized spacial score (nSPS) is 19.8. The predicted octanol–water partition coefficient (Wildman–Crippen LogP) is 4.29. The molecule has 2 rings (SSSR count). The van der Waals surface area contributed by atoms with Gasteiger partial charge in [0, 0.05) is 11.9 Å². The van der Waals surface area contributed by atoms with Crippen LogP contribution in [0.2, 0.25) is 0 Å². The quantitative estimate of drug-likeness (QED) is 0.811. The lowest BCUT2D eigenvalue weighted by Gasteiger charge is -2.23. The molecule has 0 aliphatic carbocycles. The van der Waals surface area contributed by atoms with Crippen molar-refractivity contribution >= 4 is 11.8 Å². The maximum Gasteiger partial charge on any atom is 0.416 e. The first-order chi connectivity index (χ1) is 10.7. The lowest BCUT2D eigenvalue weighted by atomic mass is 10.1. The molecule has 0 aromatic heterocycles. The van der Waals surface area contributed by atoms with Gasteiger partial charge in [-0.25, -0.2) is 0 Å². The SMILES string of the molecule is FC(F)(F)c1cc(COC[C@H]2CCSCN2)cc(C(F)(F)F)c1. The van der Waals surface area contributed by atoms with E-state index in [4.69, 9.17) is 4.74 Å². The molecule has 1 fully saturated rings. The van der Waals surface area contributed by atoms with E-state index in [-0.39, 0.29) is 30.9 Å². The zero-order valence-electron chi connectivity index (χ0n) is 11.9. The Morgan fingerprint density at radius 2 is 1.65 bits per heavy atom. The molecule has 1 aliphatic heterocycles. The largest absolute Gasteiger partial charge is 0.416 e. The Kier molecular flexibility index (Phi) is 5.85. The maximum atomic E-state index is 12.7. The fourth-order valence-electron chi connectivity index (χ4n) is 2.14. The minimum atomic E-state index is -4.84. The van der Waals surface area contributed by atoms with Gasteiger partial charge in [0.05, 0.1) is 24.3 Å². The summed E-state index contributed by atoms with van der Waals surface area (Å²) in [5.41, 5.74) is -2.78. The summed E-state index contributed by atoms with van der Waals surface area (Å²) >= 11 is 1.72. The monoisotopic (exact) mass is 359 g/mol. The number of alkyl halides is 6. The van der Waals surface area contributed by atoms with Crippen LogP contribution in [0.4, 0.5) is 26.3 Å². The van der Waals surface area contributed by atoms with Crippen LogP contribution in [0.25, 0.3) is 0 Å². The molecule has 0 bridgehead atoms. The Bertz CT molecular complexity index is 493. The number of rotatable bonds is 4. The molecule has 0 spiro atoms. The van der Waals surface area contributed by atoms with Crippen molar-refractivity contribution in [2.24, 2.45) is 0 Å². The van der Waals surface area contributed by atoms with Crippen molar-refractivity contribution in [1.82, 2.24) is 5.32 Å². The molecule has 1 heterocycles. The lowest BCUT2D eigenvalue weighted by Crippen LogP contribution is -2.37. The number of hydrogen-bond acceptors (Lipinski definition) is 3. The van der Waals surface area contributed by atoms with E-state index < -0.39 is 23.5 Å². The van der Waals surface area contributed by atoms with Crippen LogP contribution in [0.15, 0.2) is 18.2 Å². The third kappa shape index (κ3) is 5.58. The van der Waals surface area contributed by atoms with Crippen molar-refractivity contribution in [3.8, 4) is 0 Å². The number of halogens is 6. The minimum absolute atomic E-state index is 0.0733. The zero-order valence-corrected chi connectivity index (χ0v) is 12.7. The molecule has 130 valence electrons. The molecule has 1 aromatic rings. The van der Waals surface area contributed by atoms with Crippen molar-refractivity contribution in [2.75, 3.05) is 18.2 Å². The van der Waals surface area contributed by atoms with E-state index in [1.54, 1.807) is 11.8 Å². The van der Waals surface area contributed by atoms with Crippen LogP contribution in [-0.4, -0.2) is 24.3 Å². The van der Waals surface area contributed by atoms with Gasteiger partial charge in [0.15, 0.2) is 0 Å². The third-order valence-corrected chi connectivity index (χ3v) is 4.22. The molecule has 23 heavy (non-hydrogen) atoms. The molecule has 1 saturated heterocycles. The molecule has 1 N–H and O–H groups in total. The van der Waals surface area contributed by atoms with Crippen LogP contribution >= 0.6 is 11.8 Å². The van der Waals surface area contributed by atoms with Crippen LogP contribution in [-0.2, 0) is 23.7 Å². The average Bonchev–Trinajstić information content (AvgIpc) is 2.46. The van der Waals surface area contributed by atoms with E-state index in [1.165, 1.54) is 0 Å². The standard InChI is InChI=1S/C14H15F6NOS/c15-13(16,17)10-3-9(4-11(5-10)14(18,19)20)6-22-7-12-1-2-23-8-21-12/h3-5,12,21H,1-2,6-8H2/t12-/m1/s1. The summed E-state index contributed by atoms with van der Waals surface area (Å²) in [5.74, 6) is 1.71. The van der Waals surface area contributed by atoms with E-state index in [2.05, 4.69) is 5.32 Å². The highest BCUT2D eigenvalue weighted by atomic mass is 32.2. The van der Waals surface area contributed by atoms with E-state index in [0.29, 0.717) is 12.1 Å². The molecule has 2 nitrogen and oxygen atoms in total. The Hall–Kier alpha value is -0.930. The van der Waals surface area contributed by atoms with Crippen LogP contribution < -0.4 is 5.32 Å². The molecule has 0 amide bonds. The van der Waals surface area contributed by atoms with Gasteiger partial charge in [0.2, 0.25) is 0 Å². The van der Waals surface area contributed by atoms with E-state index in [0.717, 1.165) is 18.1 Å². The smallest absolute Gasteiger partial charge is 0.375 e. The first kappa shape index (κ1) is 18.4. The van der Waals surface area contributed by atoms with Crippen LogP contribution in [0.1, 0.15) is 23.1 Å². The Labute approximate surface area is 133 Å². The zero-order chi connectivity index (χ0) is 17.1. The van der Waals surface area contributed by atoms with Gasteiger partial charge in [0.25, 0.3) is 0 Å². The summed E-state index contributed by atoms with van der Waals surface area (Å²) in [7, 11) is 0. The highest BCUT2D eigenvalue weighted by Crippen LogP contribution is 2.36. The van der Waals surface area contributed by atoms with Crippen LogP contribution in [0.5, 0.6) is 0 Å². The minimum Gasteiger partial charge on any atom is -0.375 e. The number of thioether (sulfide) groups is 1. The van der Waals surface area contributed by atoms with Crippen molar-refractivity contribution in [3.63, 3.8) is 0 Å². The number of benzene rings is 1. The number of hydrogen-bond donors (Lipinski definition) is 1. The van der Waals surface area contributed by atoms with Gasteiger partial charge in [-0.1, -0.05) is 0 Å². The second-order valence-corrected chi connectivity index (χ2v) is 6.28. The molecular formula is C14H15F6NOS. The summed E-state index contributed by atoms with van der Waals surface area (Å²) < 4.78 is 81.7. The topological polar surface area (TPSA) is 21.3 Å². The van der Waals surface area contributed by atoms with Gasteiger partial charge in [-0.3, -0.25) is 0 Å². The summed E-state index contributed by atoms with van der Waals surface area (Å²) in [6, 6.07) is 1.58. The van der Waals surface area contributed by atoms with E-state index in [1.807, 2.05) is 0 Å². The van der Waals surface area contributed by atoms with E-state index in [9.17, 15) is 26.3 Å². The summed E-state index contributed by atoms with van der Waals surface area (Å²) in [6.45, 7) is -0.0452. The Balaban J connectivity index is 2.07. The number of ether oxygens (including phenoxy) is 1. The third-order valence-electron chi connectivity index (χ3n) is 3.32. The highest BCUT2D eigenvalue weighted by molar-refractivity contribution is 7.99. The second kappa shape index (κ2) is 7.31. The summed E-state index contributed by atoms with van der Waals surface area (Å²) in [5, 5.41) is 3.15. The van der Waals surface area contributed by atoms with Crippen molar-refractivity contribution in [3.05, 3.63) is 34.9 Å². The molecule has 0 radical (unpaired) electrons. The van der Waals surface area contributed by atoms with Crippen molar-refractivity contribution in [2.45, 2.75) is 31.4 Å². The van der Waals surface area contributed by atoms with Crippen LogP contribution in [0, 0.1) is 0 Å². The Morgan fingerprint density at radius 3 is 2.13 bits per heavy atom. The molecular weight excluding hydrogens is 344 g/mol. The van der Waals surface area contributed by atoms with Gasteiger partial charge < -0.3 is 10.1 Å². The molecule has 0 unspecified atom stereocenters. The molecule has 1 aromatic carbocycles. The Morgan fingerprint density at radius 1 is 1.04 bits per heavy atom. The highest BCUT2D eigenvalue weighted by Gasteiger charge is 2.36. The second-order valence-electron chi connectivity index (χ2n) is 5.17. The predicted molar refractivity (Wildman–Crippen MR) is 75.0 cm³/mol. The first-order valence-electron chi connectivity index (χ1n) is 6.83. The van der Waals surface area contributed by atoms with Gasteiger partial charge in [-0.05, 0) is 35.9 Å². The van der Waals surface area contributed by atoms with Crippen molar-refractivity contribution in [1.29, 1.82) is 0 Å². The van der Waals surface area contributed by atoms with E-state index >= 15 is 0 Å². The fourth-order valence-corrected chi connectivity index (χ4v) is 3.09. The van der Waals surface area contributed by atoms with Crippen LogP contribution in [0.3, 0.4) is 0 Å². The van der Waals surface area contributed by atoms with Gasteiger partial charge in [0.1, 0.15) is 0 Å². The lowest BCUT2D eigenvalue weighted by molar-refractivity contribution is -0.143. The maximum absolute atomic E-state index is 12.7. The fraction of sp³-hybridized carbons (Fsp3) is 0.571. The summed E-state index contributed by atoms with van der Waals surface area (Å²) in [4.78, 5) is 0. The molecule has 0 saturated carbocycles. The molecule has 1 atom stereocenters. The average molecular weight is 359 g/mol. The first-order valence-corrected chi connectivity index (χ1v) is 7.99. The summed E-state index contributed by atoms with van der Waals surface area (Å²) in [6.07, 6.45) is -8.82. The van der Waals surface area contributed by atoms with Gasteiger partial charge in [-0.2, -0.15) is 26.3 Å². The molecule has 9 heteroatoms. The number of nitrogens with one attached hydrogen (secondary N) is 1. The van der Waals surface area contributed by atoms with Crippen molar-refractivity contribution < 1.29 is 31.1 Å². The molecule has 1 aliphatic rings. The van der Waals surface area contributed by atoms with Gasteiger partial charge in [-0.15, -0.1) is 11.8 Å². The van der Waals surface area contributed by atoms with Gasteiger partial charge >= 0.3 is 12.4 Å².